The quantitative estimate of drug-likeness (QED) is 0.414. The topological polar surface area (TPSA) is 61.8 Å². The molecule has 0 saturated carbocycles. The zero-order valence-corrected chi connectivity index (χ0v) is 19.8. The number of amides is 1. The lowest BCUT2D eigenvalue weighted by Crippen LogP contribution is -2.62. The van der Waals surface area contributed by atoms with Gasteiger partial charge in [0.15, 0.2) is 11.5 Å². The van der Waals surface area contributed by atoms with Gasteiger partial charge in [0, 0.05) is 5.56 Å². The van der Waals surface area contributed by atoms with Crippen LogP contribution in [0, 0.1) is 5.82 Å². The van der Waals surface area contributed by atoms with Crippen LogP contribution in [0.5, 0.6) is 0 Å². The Hall–Kier alpha value is -2.40. The Kier molecular flexibility index (Phi) is 6.11. The largest absolute Gasteiger partial charge is 0.428 e. The smallest absolute Gasteiger partial charge is 0.381 e. The number of likely N-dealkylation sites (tertiary alicyclic amines) is 1. The first-order chi connectivity index (χ1) is 16.1. The van der Waals surface area contributed by atoms with Gasteiger partial charge in [-0.15, -0.1) is 0 Å². The highest BCUT2D eigenvalue weighted by Gasteiger charge is 2.60. The van der Waals surface area contributed by atoms with Crippen LogP contribution in [-0.4, -0.2) is 40.8 Å². The molecular weight excluding hydrogens is 518 g/mol. The van der Waals surface area contributed by atoms with Crippen LogP contribution < -0.4 is 5.48 Å². The summed E-state index contributed by atoms with van der Waals surface area (Å²) in [5, 5.41) is 8.59. The van der Waals surface area contributed by atoms with Crippen molar-refractivity contribution in [2.24, 2.45) is 0 Å². The number of aliphatic hydroxyl groups is 1. The molecule has 1 unspecified atom stereocenters. The minimum absolute atomic E-state index is 0.0641. The predicted molar refractivity (Wildman–Crippen MR) is 118 cm³/mol. The summed E-state index contributed by atoms with van der Waals surface area (Å²) in [5.41, 5.74) is -4.38. The maximum atomic E-state index is 15.2. The van der Waals surface area contributed by atoms with Gasteiger partial charge in [-0.05, 0) is 43.2 Å². The Morgan fingerprint density at radius 3 is 2.11 bits per heavy atom. The van der Waals surface area contributed by atoms with E-state index in [2.05, 4.69) is 5.48 Å². The molecule has 0 aromatic heterocycles. The minimum Gasteiger partial charge on any atom is -0.381 e. The molecule has 0 radical (unpaired) electrons. The molecule has 35 heavy (non-hydrogen) atoms. The van der Waals surface area contributed by atoms with Crippen molar-refractivity contribution in [3.63, 3.8) is 0 Å². The number of rotatable bonds is 4. The van der Waals surface area contributed by atoms with Gasteiger partial charge in [-0.1, -0.05) is 47.5 Å². The average molecular weight is 537 g/mol. The molecule has 2 aromatic rings. The predicted octanol–water partition coefficient (Wildman–Crippen LogP) is 5.24. The van der Waals surface area contributed by atoms with Crippen LogP contribution in [0.2, 0.25) is 10.0 Å². The van der Waals surface area contributed by atoms with Crippen molar-refractivity contribution in [1.29, 1.82) is 0 Å². The van der Waals surface area contributed by atoms with Crippen LogP contribution >= 0.6 is 23.2 Å². The number of hydrogen-bond acceptors (Lipinski definition) is 4. The molecule has 2 aromatic carbocycles. The highest BCUT2D eigenvalue weighted by atomic mass is 35.5. The van der Waals surface area contributed by atoms with Crippen LogP contribution in [0.3, 0.4) is 0 Å². The number of halogens is 7. The van der Waals surface area contributed by atoms with Crippen LogP contribution in [0.1, 0.15) is 30.5 Å². The van der Waals surface area contributed by atoms with Crippen LogP contribution in [0.25, 0.3) is 5.70 Å². The van der Waals surface area contributed by atoms with E-state index in [-0.39, 0.29) is 29.9 Å². The molecular formula is C23H19Cl2F5N2O3. The van der Waals surface area contributed by atoms with E-state index in [1.54, 1.807) is 0 Å². The normalized spacial score (nSPS) is 21.9. The second kappa shape index (κ2) is 8.33. The lowest BCUT2D eigenvalue weighted by molar-refractivity contribution is -0.269. The van der Waals surface area contributed by atoms with Gasteiger partial charge >= 0.3 is 6.18 Å². The summed E-state index contributed by atoms with van der Waals surface area (Å²) < 4.78 is 71.4. The molecule has 1 saturated heterocycles. The maximum Gasteiger partial charge on any atom is 0.428 e. The summed E-state index contributed by atoms with van der Waals surface area (Å²) in [7, 11) is 0. The molecule has 2 N–H and O–H groups in total. The van der Waals surface area contributed by atoms with E-state index in [9.17, 15) is 27.5 Å². The van der Waals surface area contributed by atoms with Gasteiger partial charge in [0.2, 0.25) is 5.60 Å². The third kappa shape index (κ3) is 4.37. The summed E-state index contributed by atoms with van der Waals surface area (Å²) in [6, 6.07) is 7.15. The summed E-state index contributed by atoms with van der Waals surface area (Å²) in [5.74, 6) is -1.66. The van der Waals surface area contributed by atoms with Crippen molar-refractivity contribution < 1.29 is 36.7 Å². The van der Waals surface area contributed by atoms with Crippen molar-refractivity contribution >= 4 is 34.8 Å². The van der Waals surface area contributed by atoms with Crippen LogP contribution in [0.4, 0.5) is 22.0 Å². The molecule has 2 aliphatic heterocycles. The SMILES string of the molecule is CC(C)(O)C(=O)N1CC(F)(c2ccc(C3=CC(c4cc(Cl)c(F)c(Cl)c4)(C(F)(F)F)ON3)cc2)C1. The average Bonchev–Trinajstić information content (AvgIpc) is 3.21. The Bertz CT molecular complexity index is 1180. The van der Waals surface area contributed by atoms with Gasteiger partial charge in [-0.25, -0.2) is 8.78 Å². The van der Waals surface area contributed by atoms with Crippen molar-refractivity contribution in [3.8, 4) is 0 Å². The Labute approximate surface area is 207 Å². The minimum atomic E-state index is -4.97. The van der Waals surface area contributed by atoms with Gasteiger partial charge in [0.1, 0.15) is 5.60 Å². The molecule has 2 heterocycles. The van der Waals surface area contributed by atoms with E-state index < -0.39 is 50.4 Å². The summed E-state index contributed by atoms with van der Waals surface area (Å²) >= 11 is 11.4. The van der Waals surface area contributed by atoms with E-state index in [0.717, 1.165) is 18.2 Å². The second-order valence-electron chi connectivity index (χ2n) is 9.01. The molecule has 0 bridgehead atoms. The molecule has 0 spiro atoms. The van der Waals surface area contributed by atoms with Crippen LogP contribution in [0.15, 0.2) is 42.5 Å². The highest BCUT2D eigenvalue weighted by molar-refractivity contribution is 6.35. The van der Waals surface area contributed by atoms with Gasteiger partial charge in [0.25, 0.3) is 5.91 Å². The van der Waals surface area contributed by atoms with E-state index in [0.29, 0.717) is 0 Å². The lowest BCUT2D eigenvalue weighted by atomic mass is 9.86. The number of hydrogen-bond donors (Lipinski definition) is 2. The zero-order chi connectivity index (χ0) is 26.0. The van der Waals surface area contributed by atoms with Crippen molar-refractivity contribution in [3.05, 3.63) is 75.0 Å². The number of carbonyl (C=O) groups is 1. The Balaban J connectivity index is 1.61. The molecule has 1 amide bonds. The summed E-state index contributed by atoms with van der Waals surface area (Å²) in [6.45, 7) is 2.09. The van der Waals surface area contributed by atoms with Gasteiger partial charge in [-0.2, -0.15) is 13.2 Å². The first kappa shape index (κ1) is 25.7. The molecule has 5 nitrogen and oxygen atoms in total. The molecule has 2 aliphatic rings. The van der Waals surface area contributed by atoms with Crippen LogP contribution in [-0.2, 0) is 20.9 Å². The number of hydroxylamine groups is 1. The number of carbonyl (C=O) groups excluding carboxylic acids is 1. The van der Waals surface area contributed by atoms with Crippen molar-refractivity contribution in [2.75, 3.05) is 13.1 Å². The Morgan fingerprint density at radius 2 is 1.63 bits per heavy atom. The van der Waals surface area contributed by atoms with E-state index in [1.165, 1.54) is 43.0 Å². The maximum absolute atomic E-state index is 15.2. The van der Waals surface area contributed by atoms with E-state index in [4.69, 9.17) is 28.0 Å². The highest BCUT2D eigenvalue weighted by Crippen LogP contribution is 2.49. The summed E-state index contributed by atoms with van der Waals surface area (Å²) in [6.07, 6.45) is -4.21. The molecule has 188 valence electrons. The summed E-state index contributed by atoms with van der Waals surface area (Å²) in [4.78, 5) is 18.2. The number of alkyl halides is 4. The van der Waals surface area contributed by atoms with Gasteiger partial charge in [-0.3, -0.25) is 15.1 Å². The fraction of sp³-hybridized carbons (Fsp3) is 0.348. The van der Waals surface area contributed by atoms with Crippen molar-refractivity contribution in [2.45, 2.75) is 36.9 Å². The first-order valence-corrected chi connectivity index (χ1v) is 11.0. The monoisotopic (exact) mass is 536 g/mol. The third-order valence-corrected chi connectivity index (χ3v) is 6.46. The van der Waals surface area contributed by atoms with E-state index in [1.807, 2.05) is 0 Å². The number of nitrogens with one attached hydrogen (secondary N) is 1. The fourth-order valence-electron chi connectivity index (χ4n) is 3.98. The van der Waals surface area contributed by atoms with Gasteiger partial charge < -0.3 is 10.0 Å². The molecule has 12 heteroatoms. The third-order valence-electron chi connectivity index (χ3n) is 5.91. The number of benzene rings is 2. The van der Waals surface area contributed by atoms with Gasteiger partial charge in [0.05, 0.1) is 28.8 Å². The molecule has 0 aliphatic carbocycles. The molecule has 1 fully saturated rings. The molecule has 4 rings (SSSR count). The first-order valence-electron chi connectivity index (χ1n) is 10.3. The fourth-order valence-corrected chi connectivity index (χ4v) is 4.46. The van der Waals surface area contributed by atoms with Crippen molar-refractivity contribution in [1.82, 2.24) is 10.4 Å². The molecule has 1 atom stereocenters. The Morgan fingerprint density at radius 1 is 1.09 bits per heavy atom. The zero-order valence-electron chi connectivity index (χ0n) is 18.3. The van der Waals surface area contributed by atoms with E-state index >= 15 is 4.39 Å². The lowest BCUT2D eigenvalue weighted by Gasteiger charge is -2.46. The second-order valence-corrected chi connectivity index (χ2v) is 9.83. The standard InChI is InChI=1S/C23H19Cl2F5N2O3/c1-20(2,34)19(33)32-10-21(27,11-32)13-5-3-12(4-6-13)17-9-22(35-31-17,23(28,29)30)14-7-15(24)18(26)16(25)8-14/h3-9,31,34H,10-11H2,1-2H3. The number of nitrogens with zero attached hydrogens (tertiary/aromatic N) is 1.